The molecule has 4 aromatic rings. The van der Waals surface area contributed by atoms with E-state index in [0.29, 0.717) is 11.3 Å². The number of sulfone groups is 1. The molecule has 1 aromatic heterocycles. The molecule has 0 aliphatic carbocycles. The summed E-state index contributed by atoms with van der Waals surface area (Å²) in [5.41, 5.74) is 1.96. The minimum absolute atomic E-state index is 0.247. The molecule has 3 aromatic carbocycles. The van der Waals surface area contributed by atoms with Crippen LogP contribution in [0.3, 0.4) is 0 Å². The van der Waals surface area contributed by atoms with Crippen molar-refractivity contribution in [3.05, 3.63) is 83.1 Å². The van der Waals surface area contributed by atoms with E-state index in [9.17, 15) is 12.8 Å². The molecule has 152 valence electrons. The van der Waals surface area contributed by atoms with Gasteiger partial charge in [-0.1, -0.05) is 45.9 Å². The van der Waals surface area contributed by atoms with E-state index < -0.39 is 9.84 Å². The first-order valence-corrected chi connectivity index (χ1v) is 13.1. The Bertz CT molecular complexity index is 1300. The van der Waals surface area contributed by atoms with E-state index >= 15 is 0 Å². The molecule has 0 radical (unpaired) electrons. The standard InChI is InChI=1S/C22H15BrFNO2S3/c1-30(26,27)19-5-3-2-4-18(19)21-20(14-6-10-16(24)11-7-14)25-22(29-21)28-17-12-8-15(23)9-13-17/h2-13H,1H3. The maximum atomic E-state index is 13.5. The van der Waals surface area contributed by atoms with Gasteiger partial charge in [-0.15, -0.1) is 11.3 Å². The lowest BCUT2D eigenvalue weighted by molar-refractivity contribution is 0.602. The summed E-state index contributed by atoms with van der Waals surface area (Å²) in [6.07, 6.45) is 1.20. The fraction of sp³-hybridized carbons (Fsp3) is 0.0455. The molecule has 0 saturated heterocycles. The van der Waals surface area contributed by atoms with Crippen LogP contribution in [0.15, 0.2) is 91.4 Å². The summed E-state index contributed by atoms with van der Waals surface area (Å²) >= 11 is 6.35. The van der Waals surface area contributed by atoms with E-state index in [1.807, 2.05) is 24.3 Å². The summed E-state index contributed by atoms with van der Waals surface area (Å²) in [4.78, 5) is 6.78. The van der Waals surface area contributed by atoms with Crippen LogP contribution in [0.1, 0.15) is 0 Å². The molecule has 0 fully saturated rings. The maximum absolute atomic E-state index is 13.5. The fourth-order valence-corrected chi connectivity index (χ4v) is 6.31. The monoisotopic (exact) mass is 519 g/mol. The van der Waals surface area contributed by atoms with Crippen molar-refractivity contribution in [3.63, 3.8) is 0 Å². The number of thiazole rings is 1. The topological polar surface area (TPSA) is 47.0 Å². The van der Waals surface area contributed by atoms with Gasteiger partial charge in [-0.25, -0.2) is 17.8 Å². The van der Waals surface area contributed by atoms with Crippen LogP contribution in [0.4, 0.5) is 4.39 Å². The Balaban J connectivity index is 1.87. The van der Waals surface area contributed by atoms with Gasteiger partial charge in [0.25, 0.3) is 0 Å². The first-order valence-electron chi connectivity index (χ1n) is 8.81. The highest BCUT2D eigenvalue weighted by Crippen LogP contribution is 2.44. The van der Waals surface area contributed by atoms with Crippen molar-refractivity contribution in [1.29, 1.82) is 0 Å². The predicted octanol–water partition coefficient (Wildman–Crippen LogP) is 6.93. The van der Waals surface area contributed by atoms with E-state index in [0.717, 1.165) is 24.1 Å². The van der Waals surface area contributed by atoms with Crippen LogP contribution >= 0.6 is 39.0 Å². The van der Waals surface area contributed by atoms with Crippen LogP contribution in [0, 0.1) is 5.82 Å². The van der Waals surface area contributed by atoms with Crippen molar-refractivity contribution >= 4 is 48.9 Å². The fourth-order valence-electron chi connectivity index (χ4n) is 2.91. The zero-order chi connectivity index (χ0) is 21.3. The number of rotatable bonds is 5. The lowest BCUT2D eigenvalue weighted by Gasteiger charge is -2.08. The average Bonchev–Trinajstić information content (AvgIpc) is 3.13. The van der Waals surface area contributed by atoms with E-state index in [2.05, 4.69) is 15.9 Å². The predicted molar refractivity (Wildman–Crippen MR) is 124 cm³/mol. The Kier molecular flexibility index (Phi) is 6.11. The summed E-state index contributed by atoms with van der Waals surface area (Å²) in [6.45, 7) is 0. The van der Waals surface area contributed by atoms with Gasteiger partial charge in [0.2, 0.25) is 0 Å². The number of aromatic nitrogens is 1. The molecule has 0 spiro atoms. The molecule has 1 heterocycles. The third-order valence-corrected chi connectivity index (χ3v) is 8.12. The minimum Gasteiger partial charge on any atom is -0.229 e. The Hall–Kier alpha value is -2.00. The average molecular weight is 520 g/mol. The lowest BCUT2D eigenvalue weighted by Crippen LogP contribution is -1.99. The maximum Gasteiger partial charge on any atom is 0.176 e. The Labute approximate surface area is 191 Å². The molecule has 0 aliphatic rings. The van der Waals surface area contributed by atoms with Crippen molar-refractivity contribution < 1.29 is 12.8 Å². The van der Waals surface area contributed by atoms with E-state index in [1.54, 1.807) is 36.4 Å². The lowest BCUT2D eigenvalue weighted by atomic mass is 10.1. The first kappa shape index (κ1) is 21.2. The van der Waals surface area contributed by atoms with Crippen molar-refractivity contribution in [1.82, 2.24) is 4.98 Å². The summed E-state index contributed by atoms with van der Waals surface area (Å²) in [5.74, 6) is -0.337. The number of halogens is 2. The van der Waals surface area contributed by atoms with Crippen LogP contribution < -0.4 is 0 Å². The van der Waals surface area contributed by atoms with Gasteiger partial charge in [-0.2, -0.15) is 0 Å². The van der Waals surface area contributed by atoms with Gasteiger partial charge >= 0.3 is 0 Å². The molecule has 8 heteroatoms. The minimum atomic E-state index is -3.43. The molecule has 0 atom stereocenters. The van der Waals surface area contributed by atoms with Gasteiger partial charge in [0.15, 0.2) is 14.2 Å². The molecule has 3 nitrogen and oxygen atoms in total. The first-order chi connectivity index (χ1) is 14.3. The Morgan fingerprint density at radius 1 is 0.967 bits per heavy atom. The highest BCUT2D eigenvalue weighted by atomic mass is 79.9. The van der Waals surface area contributed by atoms with Gasteiger partial charge in [-0.3, -0.25) is 0 Å². The van der Waals surface area contributed by atoms with Crippen LogP contribution in [-0.4, -0.2) is 19.7 Å². The van der Waals surface area contributed by atoms with Gasteiger partial charge in [-0.05, 0) is 54.6 Å². The van der Waals surface area contributed by atoms with Crippen LogP contribution in [0.2, 0.25) is 0 Å². The number of hydrogen-bond donors (Lipinski definition) is 0. The molecule has 0 aliphatic heterocycles. The van der Waals surface area contributed by atoms with Crippen LogP contribution in [-0.2, 0) is 9.84 Å². The van der Waals surface area contributed by atoms with Crippen molar-refractivity contribution in [2.45, 2.75) is 14.1 Å². The van der Waals surface area contributed by atoms with E-state index in [4.69, 9.17) is 4.98 Å². The second-order valence-corrected chi connectivity index (χ2v) is 11.7. The van der Waals surface area contributed by atoms with Gasteiger partial charge in [0.05, 0.1) is 15.5 Å². The molecule has 4 rings (SSSR count). The van der Waals surface area contributed by atoms with Crippen molar-refractivity contribution in [2.75, 3.05) is 6.26 Å². The number of hydrogen-bond acceptors (Lipinski definition) is 5. The SMILES string of the molecule is CS(=O)(=O)c1ccccc1-c1sc(Sc2ccc(Br)cc2)nc1-c1ccc(F)cc1. The van der Waals surface area contributed by atoms with E-state index in [-0.39, 0.29) is 10.7 Å². The second kappa shape index (κ2) is 8.63. The Morgan fingerprint density at radius 2 is 1.63 bits per heavy atom. The molecule has 0 N–H and O–H groups in total. The summed E-state index contributed by atoms with van der Waals surface area (Å²) in [6, 6.07) is 20.8. The van der Waals surface area contributed by atoms with E-state index in [1.165, 1.54) is 41.5 Å². The van der Waals surface area contributed by atoms with Crippen molar-refractivity contribution in [3.8, 4) is 21.7 Å². The van der Waals surface area contributed by atoms with Crippen LogP contribution in [0.25, 0.3) is 21.7 Å². The van der Waals surface area contributed by atoms with Crippen LogP contribution in [0.5, 0.6) is 0 Å². The molecule has 0 saturated carbocycles. The second-order valence-electron chi connectivity index (χ2n) is 6.49. The molecule has 0 amide bonds. The zero-order valence-corrected chi connectivity index (χ0v) is 19.7. The summed E-state index contributed by atoms with van der Waals surface area (Å²) in [7, 11) is -3.43. The molecule has 0 unspecified atom stereocenters. The third kappa shape index (κ3) is 4.67. The molecule has 30 heavy (non-hydrogen) atoms. The zero-order valence-electron chi connectivity index (χ0n) is 15.7. The van der Waals surface area contributed by atoms with Gasteiger partial charge < -0.3 is 0 Å². The van der Waals surface area contributed by atoms with Gasteiger partial charge in [0.1, 0.15) is 5.82 Å². The largest absolute Gasteiger partial charge is 0.229 e. The third-order valence-electron chi connectivity index (χ3n) is 4.28. The molecular formula is C22H15BrFNO2S3. The summed E-state index contributed by atoms with van der Waals surface area (Å²) in [5, 5.41) is 0. The normalized spacial score (nSPS) is 11.6. The Morgan fingerprint density at radius 3 is 2.30 bits per heavy atom. The quantitative estimate of drug-likeness (QED) is 0.286. The molecular weight excluding hydrogens is 505 g/mol. The highest BCUT2D eigenvalue weighted by Gasteiger charge is 2.21. The highest BCUT2D eigenvalue weighted by molar-refractivity contribution is 9.10. The van der Waals surface area contributed by atoms with Gasteiger partial charge in [0, 0.05) is 26.8 Å². The van der Waals surface area contributed by atoms with Crippen molar-refractivity contribution in [2.24, 2.45) is 0 Å². The molecule has 0 bridgehead atoms. The smallest absolute Gasteiger partial charge is 0.176 e. The number of nitrogens with zero attached hydrogens (tertiary/aromatic N) is 1. The number of benzene rings is 3. The summed E-state index contributed by atoms with van der Waals surface area (Å²) < 4.78 is 40.0.